The fourth-order valence-corrected chi connectivity index (χ4v) is 2.13. The lowest BCUT2D eigenvalue weighted by molar-refractivity contribution is 0.789. The molecule has 1 aromatic carbocycles. The molecule has 0 aliphatic rings. The highest BCUT2D eigenvalue weighted by molar-refractivity contribution is 9.10. The van der Waals surface area contributed by atoms with E-state index >= 15 is 0 Å². The topological polar surface area (TPSA) is 68.5 Å². The van der Waals surface area contributed by atoms with Crippen molar-refractivity contribution in [2.24, 2.45) is 0 Å². The predicted molar refractivity (Wildman–Crippen MR) is 78.4 cm³/mol. The second kappa shape index (κ2) is 5.79. The first-order valence-electron chi connectivity index (χ1n) is 6.00. The van der Waals surface area contributed by atoms with Crippen LogP contribution in [-0.2, 0) is 6.54 Å². The van der Waals surface area contributed by atoms with Crippen molar-refractivity contribution in [1.29, 1.82) is 0 Å². The molecule has 0 amide bonds. The Kier molecular flexibility index (Phi) is 3.69. The molecule has 0 unspecified atom stereocenters. The number of halogens is 1. The molecule has 2 heterocycles. The largest absolute Gasteiger partial charge is 0.379 e. The molecular weight excluding hydrogens is 320 g/mol. The highest BCUT2D eigenvalue weighted by atomic mass is 79.9. The molecule has 20 heavy (non-hydrogen) atoms. The molecule has 3 aromatic rings. The summed E-state index contributed by atoms with van der Waals surface area (Å²) in [6, 6.07) is 13.7. The molecule has 0 aliphatic heterocycles. The van der Waals surface area contributed by atoms with Gasteiger partial charge in [0.05, 0.1) is 17.9 Å². The zero-order valence-corrected chi connectivity index (χ0v) is 12.0. The Morgan fingerprint density at radius 3 is 2.65 bits per heavy atom. The molecule has 0 bridgehead atoms. The van der Waals surface area contributed by atoms with E-state index in [0.717, 1.165) is 21.7 Å². The second-order valence-corrected chi connectivity index (χ2v) is 4.92. The van der Waals surface area contributed by atoms with E-state index in [2.05, 4.69) is 41.8 Å². The summed E-state index contributed by atoms with van der Waals surface area (Å²) in [6.07, 6.45) is 1.56. The van der Waals surface area contributed by atoms with Gasteiger partial charge in [0.15, 0.2) is 0 Å². The molecule has 100 valence electrons. The van der Waals surface area contributed by atoms with Crippen LogP contribution in [0.15, 0.2) is 53.4 Å². The number of hydrogen-bond acceptors (Lipinski definition) is 5. The molecule has 3 rings (SSSR count). The second-order valence-electron chi connectivity index (χ2n) is 4.11. The molecule has 0 saturated carbocycles. The van der Waals surface area contributed by atoms with Crippen LogP contribution in [0.4, 0.5) is 5.69 Å². The smallest absolute Gasteiger partial charge is 0.143 e. The van der Waals surface area contributed by atoms with E-state index < -0.39 is 0 Å². The van der Waals surface area contributed by atoms with Crippen molar-refractivity contribution >= 4 is 21.6 Å². The summed E-state index contributed by atoms with van der Waals surface area (Å²) in [5, 5.41) is 14.4. The quantitative estimate of drug-likeness (QED) is 0.744. The average Bonchev–Trinajstić information content (AvgIpc) is 3.00. The Hall–Kier alpha value is -2.28. The third-order valence-electron chi connectivity index (χ3n) is 2.73. The average molecular weight is 331 g/mol. The minimum Gasteiger partial charge on any atom is -0.379 e. The van der Waals surface area contributed by atoms with E-state index in [9.17, 15) is 0 Å². The van der Waals surface area contributed by atoms with Gasteiger partial charge in [-0.15, -0.1) is 5.10 Å². The summed E-state index contributed by atoms with van der Waals surface area (Å²) < 4.78 is 2.45. The fourth-order valence-electron chi connectivity index (χ4n) is 1.75. The van der Waals surface area contributed by atoms with Crippen molar-refractivity contribution in [3.05, 3.63) is 59.1 Å². The van der Waals surface area contributed by atoms with Crippen LogP contribution in [0.5, 0.6) is 0 Å². The lowest BCUT2D eigenvalue weighted by atomic mass is 10.2. The van der Waals surface area contributed by atoms with E-state index in [1.165, 1.54) is 0 Å². The van der Waals surface area contributed by atoms with Crippen LogP contribution in [0, 0.1) is 0 Å². The van der Waals surface area contributed by atoms with Crippen LogP contribution in [0.25, 0.3) is 5.69 Å². The highest BCUT2D eigenvalue weighted by Gasteiger charge is 1.99. The molecule has 7 heteroatoms. The van der Waals surface area contributed by atoms with Crippen LogP contribution in [-0.4, -0.2) is 25.2 Å². The summed E-state index contributed by atoms with van der Waals surface area (Å²) in [4.78, 5) is 4.37. The number of aromatic nitrogens is 5. The Balaban J connectivity index is 1.67. The Bertz CT molecular complexity index is 680. The van der Waals surface area contributed by atoms with E-state index in [-0.39, 0.29) is 0 Å². The van der Waals surface area contributed by atoms with Crippen molar-refractivity contribution in [1.82, 2.24) is 25.2 Å². The van der Waals surface area contributed by atoms with E-state index in [4.69, 9.17) is 0 Å². The lowest BCUT2D eigenvalue weighted by Crippen LogP contribution is -2.02. The summed E-state index contributed by atoms with van der Waals surface area (Å²) >= 11 is 3.36. The fraction of sp³-hybridized carbons (Fsp3) is 0.0769. The number of benzene rings is 1. The number of nitrogens with zero attached hydrogens (tertiary/aromatic N) is 5. The summed E-state index contributed by atoms with van der Waals surface area (Å²) in [7, 11) is 0. The SMILES string of the molecule is Brc1cccc(CNc2ccc(-n3cnnn3)cc2)n1. The zero-order valence-electron chi connectivity index (χ0n) is 10.4. The van der Waals surface area contributed by atoms with Crippen molar-refractivity contribution in [2.75, 3.05) is 5.32 Å². The van der Waals surface area contributed by atoms with Crippen molar-refractivity contribution in [3.63, 3.8) is 0 Å². The van der Waals surface area contributed by atoms with Gasteiger partial charge in [-0.1, -0.05) is 6.07 Å². The number of pyridine rings is 1. The van der Waals surface area contributed by atoms with Gasteiger partial charge < -0.3 is 5.32 Å². The molecule has 1 N–H and O–H groups in total. The maximum Gasteiger partial charge on any atom is 0.143 e. The molecule has 0 fully saturated rings. The van der Waals surface area contributed by atoms with Gasteiger partial charge in [-0.25, -0.2) is 9.67 Å². The summed E-state index contributed by atoms with van der Waals surface area (Å²) in [5.74, 6) is 0. The van der Waals surface area contributed by atoms with Crippen molar-refractivity contribution in [3.8, 4) is 5.69 Å². The third kappa shape index (κ3) is 3.00. The zero-order chi connectivity index (χ0) is 13.8. The maximum atomic E-state index is 4.37. The van der Waals surface area contributed by atoms with E-state index in [1.54, 1.807) is 11.0 Å². The van der Waals surface area contributed by atoms with Gasteiger partial charge in [0.1, 0.15) is 10.9 Å². The molecule has 0 atom stereocenters. The number of hydrogen-bond donors (Lipinski definition) is 1. The van der Waals surface area contributed by atoms with Gasteiger partial charge in [0, 0.05) is 5.69 Å². The van der Waals surface area contributed by atoms with Crippen molar-refractivity contribution < 1.29 is 0 Å². The molecule has 2 aromatic heterocycles. The Morgan fingerprint density at radius 2 is 1.95 bits per heavy atom. The van der Waals surface area contributed by atoms with Crippen LogP contribution in [0.1, 0.15) is 5.69 Å². The molecule has 0 radical (unpaired) electrons. The number of tetrazole rings is 1. The minimum absolute atomic E-state index is 0.670. The predicted octanol–water partition coefficient (Wildman–Crippen LogP) is 2.43. The highest BCUT2D eigenvalue weighted by Crippen LogP contribution is 2.13. The monoisotopic (exact) mass is 330 g/mol. The maximum absolute atomic E-state index is 4.37. The summed E-state index contributed by atoms with van der Waals surface area (Å²) in [6.45, 7) is 0.670. The van der Waals surface area contributed by atoms with Gasteiger partial charge >= 0.3 is 0 Å². The van der Waals surface area contributed by atoms with Gasteiger partial charge in [-0.2, -0.15) is 0 Å². The molecule has 6 nitrogen and oxygen atoms in total. The van der Waals surface area contributed by atoms with Gasteiger partial charge in [-0.3, -0.25) is 0 Å². The minimum atomic E-state index is 0.670. The van der Waals surface area contributed by atoms with Gasteiger partial charge in [0.2, 0.25) is 0 Å². The number of nitrogens with one attached hydrogen (secondary N) is 1. The normalized spacial score (nSPS) is 10.4. The van der Waals surface area contributed by atoms with Crippen LogP contribution in [0.2, 0.25) is 0 Å². The van der Waals surface area contributed by atoms with Gasteiger partial charge in [0.25, 0.3) is 0 Å². The summed E-state index contributed by atoms with van der Waals surface area (Å²) in [5.41, 5.74) is 2.91. The lowest BCUT2D eigenvalue weighted by Gasteiger charge is -2.07. The number of rotatable bonds is 4. The van der Waals surface area contributed by atoms with E-state index in [0.29, 0.717) is 6.54 Å². The first-order valence-corrected chi connectivity index (χ1v) is 6.79. The number of anilines is 1. The molecule has 0 aliphatic carbocycles. The Labute approximate surface area is 124 Å². The van der Waals surface area contributed by atoms with Crippen molar-refractivity contribution in [2.45, 2.75) is 6.54 Å². The van der Waals surface area contributed by atoms with Crippen LogP contribution >= 0.6 is 15.9 Å². The Morgan fingerprint density at radius 1 is 1.10 bits per heavy atom. The molecular formula is C13H11BrN6. The first kappa shape index (κ1) is 12.7. The van der Waals surface area contributed by atoms with Crippen LogP contribution < -0.4 is 5.32 Å². The standard InChI is InChI=1S/C13H11BrN6/c14-13-3-1-2-11(17-13)8-15-10-4-6-12(7-5-10)20-9-16-18-19-20/h1-7,9,15H,8H2. The molecule has 0 spiro atoms. The van der Waals surface area contributed by atoms with E-state index in [1.807, 2.05) is 42.5 Å². The van der Waals surface area contributed by atoms with Crippen LogP contribution in [0.3, 0.4) is 0 Å². The third-order valence-corrected chi connectivity index (χ3v) is 3.17. The molecule has 0 saturated heterocycles. The van der Waals surface area contributed by atoms with Gasteiger partial charge in [-0.05, 0) is 62.8 Å². The first-order chi connectivity index (χ1) is 9.81.